The summed E-state index contributed by atoms with van der Waals surface area (Å²) in [6.45, 7) is 6.52. The number of aryl methyl sites for hydroxylation is 1. The number of hydrogen-bond donors (Lipinski definition) is 1. The zero-order valence-electron chi connectivity index (χ0n) is 12.7. The summed E-state index contributed by atoms with van der Waals surface area (Å²) >= 11 is 0. The average Bonchev–Trinajstić information content (AvgIpc) is 2.47. The number of nitrogens with one attached hydrogen (secondary N) is 1. The molecule has 0 aliphatic rings. The van der Waals surface area contributed by atoms with Gasteiger partial charge in [0.1, 0.15) is 5.75 Å². The summed E-state index contributed by atoms with van der Waals surface area (Å²) in [4.78, 5) is 0. The molecule has 0 saturated carbocycles. The minimum atomic E-state index is 0.302. The van der Waals surface area contributed by atoms with Crippen molar-refractivity contribution in [1.82, 2.24) is 5.32 Å². The fourth-order valence-corrected chi connectivity index (χ4v) is 2.40. The van der Waals surface area contributed by atoms with Gasteiger partial charge in [-0.15, -0.1) is 0 Å². The Morgan fingerprint density at radius 3 is 2.15 bits per heavy atom. The molecule has 0 fully saturated rings. The van der Waals surface area contributed by atoms with Gasteiger partial charge in [0.05, 0.1) is 7.11 Å². The molecule has 0 aliphatic heterocycles. The van der Waals surface area contributed by atoms with Gasteiger partial charge < -0.3 is 10.1 Å². The van der Waals surface area contributed by atoms with Crippen LogP contribution in [-0.2, 0) is 0 Å². The molecule has 2 nitrogen and oxygen atoms in total. The summed E-state index contributed by atoms with van der Waals surface area (Å²) in [7, 11) is 1.69. The van der Waals surface area contributed by atoms with Crippen molar-refractivity contribution in [2.45, 2.75) is 32.9 Å². The van der Waals surface area contributed by atoms with Crippen LogP contribution < -0.4 is 10.1 Å². The fraction of sp³-hybridized carbons (Fsp3) is 0.333. The molecule has 0 amide bonds. The summed E-state index contributed by atoms with van der Waals surface area (Å²) < 4.78 is 5.19. The third-order valence-electron chi connectivity index (χ3n) is 3.66. The fourth-order valence-electron chi connectivity index (χ4n) is 2.40. The monoisotopic (exact) mass is 269 g/mol. The predicted molar refractivity (Wildman–Crippen MR) is 84.1 cm³/mol. The van der Waals surface area contributed by atoms with Crippen molar-refractivity contribution in [3.63, 3.8) is 0 Å². The highest BCUT2D eigenvalue weighted by molar-refractivity contribution is 5.29. The van der Waals surface area contributed by atoms with Crippen molar-refractivity contribution in [1.29, 1.82) is 0 Å². The van der Waals surface area contributed by atoms with E-state index < -0.39 is 0 Å². The van der Waals surface area contributed by atoms with Crippen molar-refractivity contribution in [2.24, 2.45) is 0 Å². The standard InChI is InChI=1S/C18H23NO/c1-13-6-5-7-17(12-13)15(3)19-14(2)16-8-10-18(20-4)11-9-16/h5-12,14-15,19H,1-4H3/t14-,15?/m1/s1. The quantitative estimate of drug-likeness (QED) is 0.867. The molecule has 1 N–H and O–H groups in total. The number of rotatable bonds is 5. The van der Waals surface area contributed by atoms with Gasteiger partial charge in [-0.25, -0.2) is 0 Å². The van der Waals surface area contributed by atoms with Crippen molar-refractivity contribution in [3.05, 3.63) is 65.2 Å². The summed E-state index contributed by atoms with van der Waals surface area (Å²) in [5.74, 6) is 0.896. The van der Waals surface area contributed by atoms with E-state index in [4.69, 9.17) is 4.74 Å². The Kier molecular flexibility index (Phi) is 4.80. The topological polar surface area (TPSA) is 21.3 Å². The molecule has 1 unspecified atom stereocenters. The van der Waals surface area contributed by atoms with Gasteiger partial charge in [0, 0.05) is 12.1 Å². The van der Waals surface area contributed by atoms with Gasteiger partial charge in [0.25, 0.3) is 0 Å². The van der Waals surface area contributed by atoms with Crippen LogP contribution in [0.2, 0.25) is 0 Å². The highest BCUT2D eigenvalue weighted by Gasteiger charge is 2.11. The Labute approximate surface area is 121 Å². The molecule has 106 valence electrons. The summed E-state index contributed by atoms with van der Waals surface area (Å²) in [6.07, 6.45) is 0. The van der Waals surface area contributed by atoms with E-state index in [9.17, 15) is 0 Å². The molecule has 2 rings (SSSR count). The van der Waals surface area contributed by atoms with Gasteiger partial charge in [-0.05, 0) is 44.0 Å². The Bertz CT molecular complexity index is 548. The Hall–Kier alpha value is -1.80. The molecule has 0 heterocycles. The van der Waals surface area contributed by atoms with Gasteiger partial charge in [0.2, 0.25) is 0 Å². The third-order valence-corrected chi connectivity index (χ3v) is 3.66. The smallest absolute Gasteiger partial charge is 0.118 e. The molecule has 2 aromatic rings. The molecule has 20 heavy (non-hydrogen) atoms. The Morgan fingerprint density at radius 2 is 1.55 bits per heavy atom. The number of hydrogen-bond acceptors (Lipinski definition) is 2. The zero-order valence-corrected chi connectivity index (χ0v) is 12.7. The first-order chi connectivity index (χ1) is 9.60. The number of ether oxygens (including phenoxy) is 1. The maximum Gasteiger partial charge on any atom is 0.118 e. The van der Waals surface area contributed by atoms with Crippen LogP contribution >= 0.6 is 0 Å². The molecule has 0 aromatic heterocycles. The molecular formula is C18H23NO. The Morgan fingerprint density at radius 1 is 0.900 bits per heavy atom. The lowest BCUT2D eigenvalue weighted by atomic mass is 10.0. The Balaban J connectivity index is 2.04. The first-order valence-electron chi connectivity index (χ1n) is 7.06. The van der Waals surface area contributed by atoms with Crippen molar-refractivity contribution in [3.8, 4) is 5.75 Å². The molecule has 0 bridgehead atoms. The lowest BCUT2D eigenvalue weighted by Gasteiger charge is -2.21. The van der Waals surface area contributed by atoms with Crippen LogP contribution in [0.25, 0.3) is 0 Å². The van der Waals surface area contributed by atoms with Crippen molar-refractivity contribution in [2.75, 3.05) is 7.11 Å². The predicted octanol–water partition coefficient (Wildman–Crippen LogP) is 4.42. The van der Waals surface area contributed by atoms with Gasteiger partial charge in [0.15, 0.2) is 0 Å². The van der Waals surface area contributed by atoms with Gasteiger partial charge in [-0.3, -0.25) is 0 Å². The van der Waals surface area contributed by atoms with Gasteiger partial charge in [-0.2, -0.15) is 0 Å². The molecule has 0 aliphatic carbocycles. The SMILES string of the molecule is COc1ccc([C@@H](C)NC(C)c2cccc(C)c2)cc1. The highest BCUT2D eigenvalue weighted by Crippen LogP contribution is 2.21. The summed E-state index contributed by atoms with van der Waals surface area (Å²) in [5.41, 5.74) is 3.89. The van der Waals surface area contributed by atoms with E-state index in [1.807, 2.05) is 12.1 Å². The maximum absolute atomic E-state index is 5.19. The van der Waals surface area contributed by atoms with E-state index in [2.05, 4.69) is 62.5 Å². The van der Waals surface area contributed by atoms with E-state index in [1.165, 1.54) is 16.7 Å². The molecule has 0 radical (unpaired) electrons. The molecular weight excluding hydrogens is 246 g/mol. The van der Waals surface area contributed by atoms with Gasteiger partial charge in [-0.1, -0.05) is 42.0 Å². The van der Waals surface area contributed by atoms with Crippen LogP contribution in [0.5, 0.6) is 5.75 Å². The second-order valence-corrected chi connectivity index (χ2v) is 5.30. The molecule has 0 saturated heterocycles. The first-order valence-corrected chi connectivity index (χ1v) is 7.06. The van der Waals surface area contributed by atoms with E-state index in [-0.39, 0.29) is 0 Å². The lowest BCUT2D eigenvalue weighted by Crippen LogP contribution is -2.22. The largest absolute Gasteiger partial charge is 0.497 e. The molecule has 2 atom stereocenters. The normalized spacial score (nSPS) is 13.8. The highest BCUT2D eigenvalue weighted by atomic mass is 16.5. The second-order valence-electron chi connectivity index (χ2n) is 5.30. The third kappa shape index (κ3) is 3.61. The minimum absolute atomic E-state index is 0.302. The van der Waals surface area contributed by atoms with E-state index in [1.54, 1.807) is 7.11 Å². The molecule has 2 aromatic carbocycles. The first kappa shape index (κ1) is 14.6. The lowest BCUT2D eigenvalue weighted by molar-refractivity contribution is 0.414. The summed E-state index contributed by atoms with van der Waals surface area (Å²) in [6, 6.07) is 17.5. The van der Waals surface area contributed by atoms with Crippen LogP contribution in [0.4, 0.5) is 0 Å². The average molecular weight is 269 g/mol. The van der Waals surface area contributed by atoms with Crippen LogP contribution in [0, 0.1) is 6.92 Å². The zero-order chi connectivity index (χ0) is 14.5. The summed E-state index contributed by atoms with van der Waals surface area (Å²) in [5, 5.41) is 3.64. The van der Waals surface area contributed by atoms with E-state index >= 15 is 0 Å². The molecule has 0 spiro atoms. The van der Waals surface area contributed by atoms with Crippen LogP contribution in [0.15, 0.2) is 48.5 Å². The molecule has 2 heteroatoms. The number of methoxy groups -OCH3 is 1. The maximum atomic E-state index is 5.19. The number of benzene rings is 2. The van der Waals surface area contributed by atoms with Crippen LogP contribution in [0.1, 0.15) is 42.6 Å². The van der Waals surface area contributed by atoms with Crippen LogP contribution in [-0.4, -0.2) is 7.11 Å². The minimum Gasteiger partial charge on any atom is -0.497 e. The van der Waals surface area contributed by atoms with Gasteiger partial charge >= 0.3 is 0 Å². The van der Waals surface area contributed by atoms with E-state index in [0.29, 0.717) is 12.1 Å². The second kappa shape index (κ2) is 6.58. The van der Waals surface area contributed by atoms with Crippen molar-refractivity contribution < 1.29 is 4.74 Å². The van der Waals surface area contributed by atoms with Crippen molar-refractivity contribution >= 4 is 0 Å². The van der Waals surface area contributed by atoms with E-state index in [0.717, 1.165) is 5.75 Å². The van der Waals surface area contributed by atoms with Crippen LogP contribution in [0.3, 0.4) is 0 Å².